The molecule has 5 aliphatic carbocycles. The van der Waals surface area contributed by atoms with Gasteiger partial charge >= 0.3 is 5.97 Å². The number of piperidine rings is 1. The van der Waals surface area contributed by atoms with Crippen molar-refractivity contribution >= 4 is 5.97 Å². The predicted molar refractivity (Wildman–Crippen MR) is 166 cm³/mol. The number of carbonyl (C=O) groups is 1. The molecule has 4 saturated carbocycles. The lowest BCUT2D eigenvalue weighted by Crippen LogP contribution is -2.84. The van der Waals surface area contributed by atoms with Gasteiger partial charge in [0.1, 0.15) is 11.7 Å². The van der Waals surface area contributed by atoms with E-state index in [9.17, 15) is 4.79 Å². The smallest absolute Gasteiger partial charge is 0.330 e. The van der Waals surface area contributed by atoms with Gasteiger partial charge in [-0.25, -0.2) is 4.79 Å². The van der Waals surface area contributed by atoms with Crippen molar-refractivity contribution in [2.24, 2.45) is 23.2 Å². The van der Waals surface area contributed by atoms with Gasteiger partial charge < -0.3 is 23.7 Å². The fraction of sp³-hybridized carbons (Fsp3) is 0.595. The molecule has 1 saturated heterocycles. The van der Waals surface area contributed by atoms with Gasteiger partial charge in [0.15, 0.2) is 11.5 Å². The highest BCUT2D eigenvalue weighted by atomic mass is 16.6. The molecule has 4 bridgehead atoms. The van der Waals surface area contributed by atoms with Crippen molar-refractivity contribution in [1.29, 1.82) is 0 Å². The third-order valence-electron chi connectivity index (χ3n) is 12.4. The molecule has 2 spiro atoms. The first kappa shape index (κ1) is 28.6. The van der Waals surface area contributed by atoms with E-state index in [4.69, 9.17) is 23.7 Å². The topological polar surface area (TPSA) is 66.5 Å². The second kappa shape index (κ2) is 10.6. The van der Waals surface area contributed by atoms with Crippen LogP contribution in [0.1, 0.15) is 55.7 Å². The summed E-state index contributed by atoms with van der Waals surface area (Å²) in [6, 6.07) is 15.1. The van der Waals surface area contributed by atoms with Crippen molar-refractivity contribution in [3.05, 3.63) is 71.3 Å². The lowest BCUT2D eigenvalue weighted by Gasteiger charge is -2.76. The first-order valence-electron chi connectivity index (χ1n) is 16.6. The first-order chi connectivity index (χ1) is 21.5. The molecule has 0 amide bonds. The molecule has 234 valence electrons. The summed E-state index contributed by atoms with van der Waals surface area (Å²) in [6.07, 6.45) is 10.3. The molecule has 0 N–H and O–H groups in total. The number of nitrogens with zero attached hydrogens (tertiary/aromatic N) is 1. The number of carbonyl (C=O) groups excluding carboxylic acids is 1. The van der Waals surface area contributed by atoms with Crippen molar-refractivity contribution in [1.82, 2.24) is 4.90 Å². The number of likely N-dealkylation sites (tertiary alicyclic amines) is 1. The molecule has 0 unspecified atom stereocenters. The molecular weight excluding hydrogens is 554 g/mol. The van der Waals surface area contributed by atoms with Crippen molar-refractivity contribution < 1.29 is 28.5 Å². The summed E-state index contributed by atoms with van der Waals surface area (Å²) in [6.45, 7) is 5.49. The van der Waals surface area contributed by atoms with Gasteiger partial charge in [0.05, 0.1) is 26.9 Å². The molecule has 2 heterocycles. The third kappa shape index (κ3) is 3.81. The highest BCUT2D eigenvalue weighted by Crippen LogP contribution is 2.78. The number of hydrogen-bond donors (Lipinski definition) is 0. The zero-order valence-electron chi connectivity index (χ0n) is 26.3. The van der Waals surface area contributed by atoms with E-state index in [0.29, 0.717) is 25.9 Å². The number of methoxy groups -OCH3 is 2. The standard InChI is InChI=1S/C37H45NO6/c1-4-43-31(39)15-13-27-28(23-42-22-25-8-6-5-7-9-25)37(41-3)17-16-35(27)30-20-26-12-14-29(40-2)33-32(26)36(35,34(37)44-33)18-19-38(30)21-24-10-11-24/h5-9,12-15,24,27-28,30,34H,4,10-11,16-23H2,1-3H3/b15-13+/t27-,28-,30+,34+,35+,36-,37+/m0/s1. The van der Waals surface area contributed by atoms with Gasteiger partial charge in [-0.1, -0.05) is 42.5 Å². The molecule has 0 radical (unpaired) electrons. The van der Waals surface area contributed by atoms with E-state index in [1.165, 1.54) is 24.0 Å². The first-order valence-corrected chi connectivity index (χ1v) is 16.6. The molecule has 44 heavy (non-hydrogen) atoms. The number of fused-ring (bicyclic) bond motifs is 2. The highest BCUT2D eigenvalue weighted by Gasteiger charge is 2.83. The number of ether oxygens (including phenoxy) is 5. The fourth-order valence-electron chi connectivity index (χ4n) is 10.7. The van der Waals surface area contributed by atoms with Crippen molar-refractivity contribution in [2.75, 3.05) is 40.5 Å². The minimum atomic E-state index is -0.579. The minimum absolute atomic E-state index is 0.000930. The molecule has 7 atom stereocenters. The molecule has 5 fully saturated rings. The molecule has 2 aliphatic heterocycles. The second-order valence-corrected chi connectivity index (χ2v) is 14.0. The molecule has 7 aliphatic rings. The summed E-state index contributed by atoms with van der Waals surface area (Å²) in [5.74, 6) is 2.29. The number of hydrogen-bond acceptors (Lipinski definition) is 7. The van der Waals surface area contributed by atoms with Crippen LogP contribution in [0.3, 0.4) is 0 Å². The molecule has 9 rings (SSSR count). The lowest BCUT2D eigenvalue weighted by molar-refractivity contribution is -0.302. The Morgan fingerprint density at radius 1 is 1.09 bits per heavy atom. The molecule has 2 aromatic rings. The summed E-state index contributed by atoms with van der Waals surface area (Å²) in [5.41, 5.74) is 2.94. The number of allylic oxidation sites excluding steroid dienone is 1. The second-order valence-electron chi connectivity index (χ2n) is 14.0. The Kier molecular flexibility index (Phi) is 6.89. The Balaban J connectivity index is 1.30. The molecule has 0 aromatic heterocycles. The van der Waals surface area contributed by atoms with Gasteiger partial charge in [-0.2, -0.15) is 0 Å². The third-order valence-corrected chi connectivity index (χ3v) is 12.4. The Morgan fingerprint density at radius 2 is 1.93 bits per heavy atom. The molecular formula is C37H45NO6. The Bertz CT molecular complexity index is 1460. The maximum Gasteiger partial charge on any atom is 0.330 e. The van der Waals surface area contributed by atoms with E-state index in [-0.39, 0.29) is 34.7 Å². The van der Waals surface area contributed by atoms with Crippen LogP contribution < -0.4 is 9.47 Å². The average Bonchev–Trinajstić information content (AvgIpc) is 3.79. The van der Waals surface area contributed by atoms with Gasteiger partial charge in [-0.05, 0) is 81.0 Å². The average molecular weight is 600 g/mol. The molecule has 7 heteroatoms. The predicted octanol–water partition coefficient (Wildman–Crippen LogP) is 5.48. The number of benzene rings is 2. The van der Waals surface area contributed by atoms with Crippen molar-refractivity contribution in [3.63, 3.8) is 0 Å². The Hall–Kier alpha value is -2.87. The van der Waals surface area contributed by atoms with Crippen LogP contribution in [-0.2, 0) is 37.4 Å². The largest absolute Gasteiger partial charge is 0.493 e. The van der Waals surface area contributed by atoms with Crippen LogP contribution in [0.25, 0.3) is 0 Å². The van der Waals surface area contributed by atoms with E-state index in [1.807, 2.05) is 20.1 Å². The maximum atomic E-state index is 12.9. The normalized spacial score (nSPS) is 36.2. The van der Waals surface area contributed by atoms with Gasteiger partial charge in [0.2, 0.25) is 0 Å². The number of rotatable bonds is 11. The van der Waals surface area contributed by atoms with Crippen LogP contribution in [-0.4, -0.2) is 69.1 Å². The van der Waals surface area contributed by atoms with Crippen LogP contribution in [0, 0.1) is 23.2 Å². The SMILES string of the molecule is CCOC(=O)/C=C/[C@H]1[C@H](COCc2ccccc2)[C@]2(OC)CC[C@]13[C@H]1Cc4ccc(OC)c5c4[C@@]3(CCN1CC1CC1)[C@H]2O5. The highest BCUT2D eigenvalue weighted by molar-refractivity contribution is 5.82. The van der Waals surface area contributed by atoms with Crippen LogP contribution in [0.2, 0.25) is 0 Å². The van der Waals surface area contributed by atoms with Gasteiger partial charge in [-0.3, -0.25) is 4.90 Å². The summed E-state index contributed by atoms with van der Waals surface area (Å²) < 4.78 is 32.0. The minimum Gasteiger partial charge on any atom is -0.493 e. The van der Waals surface area contributed by atoms with Crippen LogP contribution in [0.4, 0.5) is 0 Å². The van der Waals surface area contributed by atoms with E-state index in [2.05, 4.69) is 47.4 Å². The quantitative estimate of drug-likeness (QED) is 0.250. The van der Waals surface area contributed by atoms with Gasteiger partial charge in [-0.15, -0.1) is 0 Å². The van der Waals surface area contributed by atoms with E-state index in [0.717, 1.165) is 61.8 Å². The van der Waals surface area contributed by atoms with Crippen LogP contribution in [0.5, 0.6) is 11.5 Å². The zero-order valence-corrected chi connectivity index (χ0v) is 26.3. The molecule has 2 aromatic carbocycles. The summed E-state index contributed by atoms with van der Waals surface area (Å²) >= 11 is 0. The van der Waals surface area contributed by atoms with E-state index < -0.39 is 5.60 Å². The van der Waals surface area contributed by atoms with Crippen molar-refractivity contribution in [3.8, 4) is 11.5 Å². The summed E-state index contributed by atoms with van der Waals surface area (Å²) in [5, 5.41) is 0. The van der Waals surface area contributed by atoms with Gasteiger partial charge in [0.25, 0.3) is 0 Å². The Labute approximate surface area is 260 Å². The van der Waals surface area contributed by atoms with Gasteiger partial charge in [0, 0.05) is 48.1 Å². The fourth-order valence-corrected chi connectivity index (χ4v) is 10.7. The van der Waals surface area contributed by atoms with E-state index in [1.54, 1.807) is 13.2 Å². The molecule has 7 nitrogen and oxygen atoms in total. The summed E-state index contributed by atoms with van der Waals surface area (Å²) in [7, 11) is 3.60. The van der Waals surface area contributed by atoms with E-state index >= 15 is 0 Å². The Morgan fingerprint density at radius 3 is 2.68 bits per heavy atom. The van der Waals surface area contributed by atoms with Crippen molar-refractivity contribution in [2.45, 2.75) is 75.2 Å². The van der Waals surface area contributed by atoms with Crippen LogP contribution in [0.15, 0.2) is 54.6 Å². The van der Waals surface area contributed by atoms with Crippen LogP contribution >= 0.6 is 0 Å². The zero-order chi connectivity index (χ0) is 30.1. The maximum absolute atomic E-state index is 12.9. The number of esters is 1. The summed E-state index contributed by atoms with van der Waals surface area (Å²) in [4.78, 5) is 15.7. The lowest BCUT2D eigenvalue weighted by atomic mass is 9.31. The monoisotopic (exact) mass is 599 g/mol.